The SMILES string of the molecule is Cc1ccc2c(c1)Sc1cc(C(=O)O)c(C(=O)O)cc1S2. The molecule has 0 unspecified atom stereocenters. The summed E-state index contributed by atoms with van der Waals surface area (Å²) in [6.07, 6.45) is 0. The molecule has 0 saturated carbocycles. The molecule has 2 aromatic carbocycles. The van der Waals surface area contributed by atoms with Crippen molar-refractivity contribution in [3.05, 3.63) is 47.0 Å². The van der Waals surface area contributed by atoms with Crippen LogP contribution in [0, 0.1) is 6.92 Å². The molecule has 1 heterocycles. The smallest absolute Gasteiger partial charge is 0.336 e. The number of aromatic carboxylic acids is 2. The van der Waals surface area contributed by atoms with Crippen LogP contribution in [0.4, 0.5) is 0 Å². The van der Waals surface area contributed by atoms with Crippen LogP contribution in [-0.4, -0.2) is 22.2 Å². The first kappa shape index (κ1) is 14.0. The van der Waals surface area contributed by atoms with Gasteiger partial charge in [0.2, 0.25) is 0 Å². The summed E-state index contributed by atoms with van der Waals surface area (Å²) in [5.74, 6) is -2.45. The van der Waals surface area contributed by atoms with Gasteiger partial charge in [-0.3, -0.25) is 0 Å². The lowest BCUT2D eigenvalue weighted by Crippen LogP contribution is -2.09. The van der Waals surface area contributed by atoms with Gasteiger partial charge < -0.3 is 10.2 Å². The largest absolute Gasteiger partial charge is 0.478 e. The summed E-state index contributed by atoms with van der Waals surface area (Å²) in [6.45, 7) is 2.00. The monoisotopic (exact) mass is 318 g/mol. The van der Waals surface area contributed by atoms with E-state index >= 15 is 0 Å². The van der Waals surface area contributed by atoms with E-state index in [0.29, 0.717) is 0 Å². The van der Waals surface area contributed by atoms with Gasteiger partial charge in [0.05, 0.1) is 11.1 Å². The van der Waals surface area contributed by atoms with Crippen molar-refractivity contribution < 1.29 is 19.8 Å². The minimum Gasteiger partial charge on any atom is -0.478 e. The second-order valence-corrected chi connectivity index (χ2v) is 6.78. The Labute approximate surface area is 129 Å². The summed E-state index contributed by atoms with van der Waals surface area (Å²) in [6, 6.07) is 8.94. The molecule has 2 aromatic rings. The van der Waals surface area contributed by atoms with Crippen LogP contribution in [0.3, 0.4) is 0 Å². The number of hydrogen-bond acceptors (Lipinski definition) is 4. The summed E-state index contributed by atoms with van der Waals surface area (Å²) in [5, 5.41) is 18.3. The van der Waals surface area contributed by atoms with Gasteiger partial charge in [0.15, 0.2) is 0 Å². The molecule has 0 spiro atoms. The summed E-state index contributed by atoms with van der Waals surface area (Å²) in [4.78, 5) is 26.1. The first-order valence-corrected chi connectivity index (χ1v) is 7.70. The molecular weight excluding hydrogens is 308 g/mol. The zero-order valence-electron chi connectivity index (χ0n) is 10.9. The average Bonchev–Trinajstić information content (AvgIpc) is 2.43. The molecule has 3 rings (SSSR count). The predicted molar refractivity (Wildman–Crippen MR) is 79.8 cm³/mol. The van der Waals surface area contributed by atoms with E-state index in [1.165, 1.54) is 35.7 Å². The standard InChI is InChI=1S/C15H10O4S2/c1-7-2-3-10-11(4-7)21-13-6-9(15(18)19)8(14(16)17)5-12(13)20-10/h2-6H,1H3,(H,16,17)(H,18,19). The fraction of sp³-hybridized carbons (Fsp3) is 0.0667. The maximum absolute atomic E-state index is 11.2. The average molecular weight is 318 g/mol. The molecule has 0 bridgehead atoms. The summed E-state index contributed by atoms with van der Waals surface area (Å²) < 4.78 is 0. The number of carboxylic acids is 2. The zero-order valence-corrected chi connectivity index (χ0v) is 12.5. The third kappa shape index (κ3) is 2.52. The van der Waals surface area contributed by atoms with E-state index in [2.05, 4.69) is 0 Å². The van der Waals surface area contributed by atoms with Crippen molar-refractivity contribution in [3.63, 3.8) is 0 Å². The molecule has 0 amide bonds. The zero-order chi connectivity index (χ0) is 15.1. The molecule has 0 saturated heterocycles. The molecule has 4 nitrogen and oxygen atoms in total. The Balaban J connectivity index is 2.14. The second-order valence-electron chi connectivity index (χ2n) is 4.61. The van der Waals surface area contributed by atoms with Crippen LogP contribution >= 0.6 is 23.5 Å². The molecule has 106 valence electrons. The van der Waals surface area contributed by atoms with Gasteiger partial charge in [0.1, 0.15) is 0 Å². The molecule has 21 heavy (non-hydrogen) atoms. The maximum Gasteiger partial charge on any atom is 0.336 e. The molecule has 0 aliphatic carbocycles. The van der Waals surface area contributed by atoms with Crippen LogP contribution in [0.2, 0.25) is 0 Å². The Hall–Kier alpha value is -1.92. The van der Waals surface area contributed by atoms with Crippen LogP contribution in [0.5, 0.6) is 0 Å². The second kappa shape index (κ2) is 5.13. The van der Waals surface area contributed by atoms with Gasteiger partial charge in [0.25, 0.3) is 0 Å². The van der Waals surface area contributed by atoms with Gasteiger partial charge in [-0.25, -0.2) is 9.59 Å². The normalized spacial score (nSPS) is 12.4. The lowest BCUT2D eigenvalue weighted by atomic mass is 10.1. The first-order valence-electron chi connectivity index (χ1n) is 6.06. The van der Waals surface area contributed by atoms with E-state index in [1.807, 2.05) is 25.1 Å². The van der Waals surface area contributed by atoms with Gasteiger partial charge in [-0.05, 0) is 36.8 Å². The Kier molecular flexibility index (Phi) is 3.43. The molecule has 0 atom stereocenters. The molecule has 1 aliphatic heterocycles. The molecule has 6 heteroatoms. The Morgan fingerprint density at radius 1 is 0.810 bits per heavy atom. The van der Waals surface area contributed by atoms with Gasteiger partial charge in [-0.2, -0.15) is 0 Å². The van der Waals surface area contributed by atoms with Crippen molar-refractivity contribution in [1.82, 2.24) is 0 Å². The fourth-order valence-electron chi connectivity index (χ4n) is 2.09. The van der Waals surface area contributed by atoms with Crippen molar-refractivity contribution in [3.8, 4) is 0 Å². The van der Waals surface area contributed by atoms with E-state index in [0.717, 1.165) is 25.1 Å². The van der Waals surface area contributed by atoms with Crippen LogP contribution < -0.4 is 0 Å². The molecule has 0 radical (unpaired) electrons. The van der Waals surface area contributed by atoms with Crippen LogP contribution in [-0.2, 0) is 0 Å². The highest BCUT2D eigenvalue weighted by atomic mass is 32.2. The van der Waals surface area contributed by atoms with Crippen molar-refractivity contribution in [2.24, 2.45) is 0 Å². The van der Waals surface area contributed by atoms with Gasteiger partial charge in [0, 0.05) is 19.6 Å². The minimum atomic E-state index is -1.23. The minimum absolute atomic E-state index is 0.176. The maximum atomic E-state index is 11.2. The number of benzene rings is 2. The fourth-order valence-corrected chi connectivity index (χ4v) is 4.45. The Morgan fingerprint density at radius 2 is 1.29 bits per heavy atom. The quantitative estimate of drug-likeness (QED) is 0.743. The summed E-state index contributed by atoms with van der Waals surface area (Å²) in [5.41, 5.74) is 0.779. The molecular formula is C15H10O4S2. The highest BCUT2D eigenvalue weighted by Crippen LogP contribution is 2.49. The van der Waals surface area contributed by atoms with Crippen molar-refractivity contribution >= 4 is 35.5 Å². The molecule has 0 aromatic heterocycles. The number of carbonyl (C=O) groups is 2. The number of rotatable bonds is 2. The third-order valence-corrected chi connectivity index (χ3v) is 5.59. The van der Waals surface area contributed by atoms with Crippen LogP contribution in [0.25, 0.3) is 0 Å². The highest BCUT2D eigenvalue weighted by molar-refractivity contribution is 8.05. The lowest BCUT2D eigenvalue weighted by Gasteiger charge is -2.19. The predicted octanol–water partition coefficient (Wildman–Crippen LogP) is 4.01. The summed E-state index contributed by atoms with van der Waals surface area (Å²) >= 11 is 2.94. The van der Waals surface area contributed by atoms with Gasteiger partial charge >= 0.3 is 11.9 Å². The molecule has 0 fully saturated rings. The van der Waals surface area contributed by atoms with E-state index in [9.17, 15) is 14.7 Å². The molecule has 1 aliphatic rings. The first-order chi connectivity index (χ1) is 9.95. The topological polar surface area (TPSA) is 74.6 Å². The highest BCUT2D eigenvalue weighted by Gasteiger charge is 2.24. The lowest BCUT2D eigenvalue weighted by molar-refractivity contribution is 0.0651. The van der Waals surface area contributed by atoms with Crippen molar-refractivity contribution in [2.75, 3.05) is 0 Å². The van der Waals surface area contributed by atoms with E-state index in [-0.39, 0.29) is 11.1 Å². The van der Waals surface area contributed by atoms with Crippen LogP contribution in [0.1, 0.15) is 26.3 Å². The van der Waals surface area contributed by atoms with E-state index in [1.54, 1.807) is 0 Å². The van der Waals surface area contributed by atoms with Crippen LogP contribution in [0.15, 0.2) is 49.9 Å². The van der Waals surface area contributed by atoms with E-state index < -0.39 is 11.9 Å². The summed E-state index contributed by atoms with van der Waals surface area (Å²) in [7, 11) is 0. The number of aryl methyl sites for hydroxylation is 1. The number of carboxylic acid groups (broad SMARTS) is 2. The third-order valence-electron chi connectivity index (χ3n) is 3.08. The molecule has 2 N–H and O–H groups in total. The van der Waals surface area contributed by atoms with Gasteiger partial charge in [-0.1, -0.05) is 29.6 Å². The van der Waals surface area contributed by atoms with Crippen molar-refractivity contribution in [2.45, 2.75) is 26.5 Å². The number of hydrogen-bond donors (Lipinski definition) is 2. The van der Waals surface area contributed by atoms with E-state index in [4.69, 9.17) is 5.11 Å². The Morgan fingerprint density at radius 3 is 1.81 bits per heavy atom. The van der Waals surface area contributed by atoms with Gasteiger partial charge in [-0.15, -0.1) is 0 Å². The number of fused-ring (bicyclic) bond motifs is 2. The Bertz CT molecular complexity index is 783. The van der Waals surface area contributed by atoms with Crippen molar-refractivity contribution in [1.29, 1.82) is 0 Å².